The van der Waals surface area contributed by atoms with E-state index in [1.807, 2.05) is 0 Å². The molecule has 0 spiro atoms. The summed E-state index contributed by atoms with van der Waals surface area (Å²) in [6.45, 7) is 4.41. The summed E-state index contributed by atoms with van der Waals surface area (Å²) in [5.41, 5.74) is 0. The zero-order valence-corrected chi connectivity index (χ0v) is 14.2. The topological polar surface area (TPSA) is 73.8 Å². The second-order valence-corrected chi connectivity index (χ2v) is 5.67. The highest BCUT2D eigenvalue weighted by molar-refractivity contribution is 6.18. The van der Waals surface area contributed by atoms with Crippen LogP contribution in [0.3, 0.4) is 0 Å². The first-order chi connectivity index (χ1) is 10.2. The minimum atomic E-state index is -0.456. The molecule has 0 aromatic carbocycles. The SMILES string of the molecule is OC(CCl)CNCCCCOCCCCNCC(O)CCl. The molecule has 0 aromatic rings. The number of ether oxygens (including phenoxy) is 1. The Hall–Kier alpha value is 0.380. The van der Waals surface area contributed by atoms with E-state index >= 15 is 0 Å². The van der Waals surface area contributed by atoms with Crippen molar-refractivity contribution in [2.24, 2.45) is 0 Å². The van der Waals surface area contributed by atoms with E-state index in [4.69, 9.17) is 27.9 Å². The molecule has 2 unspecified atom stereocenters. The zero-order valence-electron chi connectivity index (χ0n) is 12.7. The molecular formula is C14H30Cl2N2O3. The second kappa shape index (κ2) is 16.7. The van der Waals surface area contributed by atoms with Crippen LogP contribution in [-0.4, -0.2) is 73.6 Å². The van der Waals surface area contributed by atoms with Crippen LogP contribution >= 0.6 is 23.2 Å². The van der Waals surface area contributed by atoms with E-state index in [0.717, 1.165) is 52.0 Å². The standard InChI is InChI=1S/C14H30Cl2N2O3/c15-9-13(19)11-17-5-1-3-7-21-8-4-2-6-18-12-14(20)10-16/h13-14,17-20H,1-12H2. The van der Waals surface area contributed by atoms with Crippen molar-refractivity contribution in [1.82, 2.24) is 10.6 Å². The molecule has 128 valence electrons. The van der Waals surface area contributed by atoms with Gasteiger partial charge in [-0.25, -0.2) is 0 Å². The van der Waals surface area contributed by atoms with E-state index in [2.05, 4.69) is 10.6 Å². The van der Waals surface area contributed by atoms with Crippen molar-refractivity contribution in [1.29, 1.82) is 0 Å². The maximum atomic E-state index is 9.22. The van der Waals surface area contributed by atoms with Gasteiger partial charge in [-0.1, -0.05) is 0 Å². The molecule has 2 atom stereocenters. The molecule has 0 aliphatic heterocycles. The fourth-order valence-corrected chi connectivity index (χ4v) is 1.87. The first-order valence-electron chi connectivity index (χ1n) is 7.68. The number of unbranched alkanes of at least 4 members (excludes halogenated alkanes) is 2. The van der Waals surface area contributed by atoms with Crippen molar-refractivity contribution in [3.63, 3.8) is 0 Å². The van der Waals surface area contributed by atoms with Gasteiger partial charge in [-0.3, -0.25) is 0 Å². The summed E-state index contributed by atoms with van der Waals surface area (Å²) < 4.78 is 5.53. The third kappa shape index (κ3) is 16.6. The van der Waals surface area contributed by atoms with Crippen LogP contribution in [0.4, 0.5) is 0 Å². The van der Waals surface area contributed by atoms with E-state index < -0.39 is 12.2 Å². The molecule has 0 saturated heterocycles. The van der Waals surface area contributed by atoms with Crippen LogP contribution < -0.4 is 10.6 Å². The highest BCUT2D eigenvalue weighted by Crippen LogP contribution is 1.94. The third-order valence-corrected chi connectivity index (χ3v) is 3.61. The minimum Gasteiger partial charge on any atom is -0.391 e. The van der Waals surface area contributed by atoms with Gasteiger partial charge in [0, 0.05) is 38.1 Å². The number of aliphatic hydroxyl groups is 2. The molecule has 5 nitrogen and oxygen atoms in total. The van der Waals surface area contributed by atoms with Gasteiger partial charge in [0.05, 0.1) is 12.2 Å². The van der Waals surface area contributed by atoms with E-state index in [9.17, 15) is 10.2 Å². The molecule has 0 aliphatic rings. The summed E-state index contributed by atoms with van der Waals surface area (Å²) in [5.74, 6) is 0.547. The van der Waals surface area contributed by atoms with Crippen molar-refractivity contribution >= 4 is 23.2 Å². The Morgan fingerprint density at radius 3 is 1.57 bits per heavy atom. The van der Waals surface area contributed by atoms with Gasteiger partial charge in [0.1, 0.15) is 0 Å². The summed E-state index contributed by atoms with van der Waals surface area (Å²) >= 11 is 11.0. The number of nitrogens with one attached hydrogen (secondary N) is 2. The molecule has 0 amide bonds. The summed E-state index contributed by atoms with van der Waals surface area (Å²) in [6, 6.07) is 0. The van der Waals surface area contributed by atoms with E-state index in [0.29, 0.717) is 13.1 Å². The molecule has 0 fully saturated rings. The van der Waals surface area contributed by atoms with Gasteiger partial charge < -0.3 is 25.6 Å². The van der Waals surface area contributed by atoms with Gasteiger partial charge in [-0.2, -0.15) is 0 Å². The molecule has 0 heterocycles. The number of hydrogen-bond acceptors (Lipinski definition) is 5. The molecular weight excluding hydrogens is 315 g/mol. The number of aliphatic hydroxyl groups excluding tert-OH is 2. The lowest BCUT2D eigenvalue weighted by Gasteiger charge is -2.09. The van der Waals surface area contributed by atoms with Gasteiger partial charge >= 0.3 is 0 Å². The lowest BCUT2D eigenvalue weighted by molar-refractivity contribution is 0.126. The van der Waals surface area contributed by atoms with Gasteiger partial charge in [0.2, 0.25) is 0 Å². The van der Waals surface area contributed by atoms with Gasteiger partial charge in [0.25, 0.3) is 0 Å². The monoisotopic (exact) mass is 344 g/mol. The van der Waals surface area contributed by atoms with Crippen molar-refractivity contribution in [3.05, 3.63) is 0 Å². The van der Waals surface area contributed by atoms with Crippen molar-refractivity contribution in [2.75, 3.05) is 51.2 Å². The smallest absolute Gasteiger partial charge is 0.0799 e. The third-order valence-electron chi connectivity index (χ3n) is 2.90. The Balaban J connectivity index is 3.03. The molecule has 7 heteroatoms. The van der Waals surface area contributed by atoms with Crippen LogP contribution in [0.2, 0.25) is 0 Å². The highest BCUT2D eigenvalue weighted by atomic mass is 35.5. The van der Waals surface area contributed by atoms with E-state index in [-0.39, 0.29) is 11.8 Å². The first kappa shape index (κ1) is 21.4. The van der Waals surface area contributed by atoms with Crippen LogP contribution in [-0.2, 0) is 4.74 Å². The first-order valence-corrected chi connectivity index (χ1v) is 8.74. The maximum Gasteiger partial charge on any atom is 0.0799 e. The van der Waals surface area contributed by atoms with Crippen LogP contribution in [0, 0.1) is 0 Å². The van der Waals surface area contributed by atoms with Crippen LogP contribution in [0.5, 0.6) is 0 Å². The predicted molar refractivity (Wildman–Crippen MR) is 88.5 cm³/mol. The fourth-order valence-electron chi connectivity index (χ4n) is 1.66. The van der Waals surface area contributed by atoms with Crippen LogP contribution in [0.1, 0.15) is 25.7 Å². The van der Waals surface area contributed by atoms with E-state index in [1.165, 1.54) is 0 Å². The number of hydrogen-bond donors (Lipinski definition) is 4. The largest absolute Gasteiger partial charge is 0.391 e. The number of rotatable bonds is 16. The minimum absolute atomic E-state index is 0.274. The average Bonchev–Trinajstić information content (AvgIpc) is 2.51. The summed E-state index contributed by atoms with van der Waals surface area (Å²) in [7, 11) is 0. The zero-order chi connectivity index (χ0) is 15.8. The van der Waals surface area contributed by atoms with Gasteiger partial charge in [-0.15, -0.1) is 23.2 Å². The fraction of sp³-hybridized carbons (Fsp3) is 1.00. The number of halogens is 2. The maximum absolute atomic E-state index is 9.22. The van der Waals surface area contributed by atoms with Crippen molar-refractivity contribution in [2.45, 2.75) is 37.9 Å². The van der Waals surface area contributed by atoms with Gasteiger partial charge in [0.15, 0.2) is 0 Å². The Kier molecular flexibility index (Phi) is 17.0. The summed E-state index contributed by atoms with van der Waals surface area (Å²) in [5, 5.41) is 24.7. The van der Waals surface area contributed by atoms with Crippen molar-refractivity contribution < 1.29 is 14.9 Å². The second-order valence-electron chi connectivity index (χ2n) is 5.05. The molecule has 4 N–H and O–H groups in total. The molecule has 0 rings (SSSR count). The summed E-state index contributed by atoms with van der Waals surface area (Å²) in [6.07, 6.45) is 3.19. The van der Waals surface area contributed by atoms with Crippen LogP contribution in [0.25, 0.3) is 0 Å². The van der Waals surface area contributed by atoms with Gasteiger partial charge in [-0.05, 0) is 38.8 Å². The summed E-state index contributed by atoms with van der Waals surface area (Å²) in [4.78, 5) is 0. The predicted octanol–water partition coefficient (Wildman–Crippen LogP) is 0.942. The molecule has 0 aromatic heterocycles. The normalized spacial score (nSPS) is 14.3. The Labute approximate surface area is 138 Å². The Bertz CT molecular complexity index is 195. The molecule has 0 radical (unpaired) electrons. The van der Waals surface area contributed by atoms with Crippen molar-refractivity contribution in [3.8, 4) is 0 Å². The average molecular weight is 345 g/mol. The van der Waals surface area contributed by atoms with Crippen LogP contribution in [0.15, 0.2) is 0 Å². The Morgan fingerprint density at radius 1 is 0.762 bits per heavy atom. The Morgan fingerprint density at radius 2 is 1.19 bits per heavy atom. The lowest BCUT2D eigenvalue weighted by Crippen LogP contribution is -2.28. The highest BCUT2D eigenvalue weighted by Gasteiger charge is 2.00. The molecule has 0 bridgehead atoms. The lowest BCUT2D eigenvalue weighted by atomic mass is 10.3. The van der Waals surface area contributed by atoms with E-state index in [1.54, 1.807) is 0 Å². The number of alkyl halides is 2. The quantitative estimate of drug-likeness (QED) is 0.248. The molecule has 21 heavy (non-hydrogen) atoms. The molecule has 0 aliphatic carbocycles. The molecule has 0 saturated carbocycles.